The molecule has 0 bridgehead atoms. The first-order valence-corrected chi connectivity index (χ1v) is 12.7. The molecule has 1 atom stereocenters. The van der Waals surface area contributed by atoms with E-state index < -0.39 is 0 Å². The van der Waals surface area contributed by atoms with Gasteiger partial charge in [0.25, 0.3) is 5.56 Å². The second-order valence-corrected chi connectivity index (χ2v) is 9.49. The number of fused-ring (bicyclic) bond motifs is 1. The number of esters is 1. The Hall–Kier alpha value is -2.67. The van der Waals surface area contributed by atoms with Crippen molar-refractivity contribution in [1.29, 1.82) is 0 Å². The first kappa shape index (κ1) is 25.0. The Morgan fingerprint density at radius 3 is 2.82 bits per heavy atom. The molecule has 0 saturated carbocycles. The third kappa shape index (κ3) is 7.42. The van der Waals surface area contributed by atoms with Crippen LogP contribution < -0.4 is 5.56 Å². The summed E-state index contributed by atoms with van der Waals surface area (Å²) in [6, 6.07) is 11.5. The summed E-state index contributed by atoms with van der Waals surface area (Å²) in [7, 11) is 0. The van der Waals surface area contributed by atoms with E-state index in [1.165, 1.54) is 17.5 Å². The fourth-order valence-electron chi connectivity index (χ4n) is 3.64. The first-order chi connectivity index (χ1) is 16.0. The van der Waals surface area contributed by atoms with Gasteiger partial charge in [0.1, 0.15) is 0 Å². The van der Waals surface area contributed by atoms with Crippen LogP contribution in [-0.4, -0.2) is 33.1 Å². The highest BCUT2D eigenvalue weighted by molar-refractivity contribution is 7.99. The van der Waals surface area contributed by atoms with E-state index in [2.05, 4.69) is 23.9 Å². The van der Waals surface area contributed by atoms with Crippen LogP contribution in [0.3, 0.4) is 0 Å². The van der Waals surface area contributed by atoms with Crippen LogP contribution in [0.15, 0.2) is 52.3 Å². The summed E-state index contributed by atoms with van der Waals surface area (Å²) in [4.78, 5) is 30.4. The number of aryl methyl sites for hydroxylation is 1. The molecule has 7 heteroatoms. The van der Waals surface area contributed by atoms with Crippen molar-refractivity contribution in [3.8, 4) is 0 Å². The Balaban J connectivity index is 1.55. The second kappa shape index (κ2) is 12.5. The highest BCUT2D eigenvalue weighted by Gasteiger charge is 2.11. The number of aromatic nitrogens is 3. The molecule has 1 aromatic carbocycles. The maximum absolute atomic E-state index is 12.9. The lowest BCUT2D eigenvalue weighted by Crippen LogP contribution is -2.23. The van der Waals surface area contributed by atoms with E-state index in [4.69, 9.17) is 4.74 Å². The van der Waals surface area contributed by atoms with Gasteiger partial charge in [0.05, 0.1) is 36.8 Å². The van der Waals surface area contributed by atoms with E-state index in [0.29, 0.717) is 36.6 Å². The SMILES string of the molecule is CCCCC(CC)COC(=O)CCSc1ccc2c(=O)n(Cc3cccc(C)n3)ncc2c1. The summed E-state index contributed by atoms with van der Waals surface area (Å²) in [6.07, 6.45) is 6.58. The summed E-state index contributed by atoms with van der Waals surface area (Å²) >= 11 is 1.58. The topological polar surface area (TPSA) is 74.1 Å². The molecular weight excluding hydrogens is 434 g/mol. The van der Waals surface area contributed by atoms with Gasteiger partial charge in [0.15, 0.2) is 0 Å². The van der Waals surface area contributed by atoms with Crippen LogP contribution in [0.1, 0.15) is 57.3 Å². The summed E-state index contributed by atoms with van der Waals surface area (Å²) in [5.41, 5.74) is 1.58. The van der Waals surface area contributed by atoms with Crippen LogP contribution >= 0.6 is 11.8 Å². The number of ether oxygens (including phenoxy) is 1. The quantitative estimate of drug-likeness (QED) is 0.263. The standard InChI is InChI=1S/C26H33N3O3S/c1-4-6-9-20(5-2)18-32-25(30)13-14-33-23-11-12-24-21(15-23)16-27-29(26(24)31)17-22-10-7-8-19(3)28-22/h7-8,10-12,15-16,20H,4-6,9,13-14,17-18H2,1-3H3. The molecule has 1 unspecified atom stereocenters. The minimum Gasteiger partial charge on any atom is -0.465 e. The first-order valence-electron chi connectivity index (χ1n) is 11.7. The van der Waals surface area contributed by atoms with E-state index in [1.807, 2.05) is 43.3 Å². The van der Waals surface area contributed by atoms with Crippen LogP contribution in [0.25, 0.3) is 10.8 Å². The molecule has 0 N–H and O–H groups in total. The van der Waals surface area contributed by atoms with Gasteiger partial charge in [-0.2, -0.15) is 5.10 Å². The van der Waals surface area contributed by atoms with Crippen molar-refractivity contribution < 1.29 is 9.53 Å². The molecule has 0 spiro atoms. The minimum absolute atomic E-state index is 0.135. The zero-order chi connectivity index (χ0) is 23.6. The van der Waals surface area contributed by atoms with Gasteiger partial charge in [-0.3, -0.25) is 14.6 Å². The maximum atomic E-state index is 12.9. The summed E-state index contributed by atoms with van der Waals surface area (Å²) < 4.78 is 6.92. The van der Waals surface area contributed by atoms with Gasteiger partial charge in [-0.25, -0.2) is 4.68 Å². The molecule has 3 rings (SSSR count). The van der Waals surface area contributed by atoms with Crippen molar-refractivity contribution in [1.82, 2.24) is 14.8 Å². The molecule has 176 valence electrons. The highest BCUT2D eigenvalue weighted by atomic mass is 32.2. The average Bonchev–Trinajstić information content (AvgIpc) is 2.81. The van der Waals surface area contributed by atoms with E-state index >= 15 is 0 Å². The number of nitrogens with zero attached hydrogens (tertiary/aromatic N) is 3. The lowest BCUT2D eigenvalue weighted by molar-refractivity contribution is -0.144. The molecule has 3 aromatic rings. The van der Waals surface area contributed by atoms with Gasteiger partial charge >= 0.3 is 5.97 Å². The lowest BCUT2D eigenvalue weighted by atomic mass is 10.0. The Morgan fingerprint density at radius 2 is 2.06 bits per heavy atom. The monoisotopic (exact) mass is 467 g/mol. The fraction of sp³-hybridized carbons (Fsp3) is 0.462. The van der Waals surface area contributed by atoms with Crippen molar-refractivity contribution in [3.63, 3.8) is 0 Å². The summed E-state index contributed by atoms with van der Waals surface area (Å²) in [5.74, 6) is 0.951. The normalized spacial score (nSPS) is 12.1. The number of carbonyl (C=O) groups excluding carboxylic acids is 1. The number of rotatable bonds is 12. The predicted octanol–water partition coefficient (Wildman–Crippen LogP) is 5.39. The van der Waals surface area contributed by atoms with Gasteiger partial charge in [-0.05, 0) is 49.6 Å². The molecule has 2 aromatic heterocycles. The van der Waals surface area contributed by atoms with Crippen LogP contribution in [0.4, 0.5) is 0 Å². The van der Waals surface area contributed by atoms with Crippen molar-refractivity contribution in [2.24, 2.45) is 5.92 Å². The molecule has 0 aliphatic rings. The molecule has 0 fully saturated rings. The van der Waals surface area contributed by atoms with Crippen molar-refractivity contribution in [2.75, 3.05) is 12.4 Å². The number of thioether (sulfide) groups is 1. The van der Waals surface area contributed by atoms with E-state index in [9.17, 15) is 9.59 Å². The summed E-state index contributed by atoms with van der Waals surface area (Å²) in [5, 5.41) is 5.75. The molecule has 0 aliphatic carbocycles. The Bertz CT molecular complexity index is 1130. The van der Waals surface area contributed by atoms with Gasteiger partial charge in [-0.1, -0.05) is 39.2 Å². The Morgan fingerprint density at radius 1 is 1.21 bits per heavy atom. The van der Waals surface area contributed by atoms with E-state index in [1.54, 1.807) is 18.0 Å². The van der Waals surface area contributed by atoms with Gasteiger partial charge < -0.3 is 4.74 Å². The maximum Gasteiger partial charge on any atom is 0.306 e. The molecule has 6 nitrogen and oxygen atoms in total. The Kier molecular flexibility index (Phi) is 9.48. The van der Waals surface area contributed by atoms with Crippen LogP contribution in [0, 0.1) is 12.8 Å². The molecule has 0 radical (unpaired) electrons. The van der Waals surface area contributed by atoms with Gasteiger partial charge in [0.2, 0.25) is 0 Å². The number of benzene rings is 1. The van der Waals surface area contributed by atoms with Crippen LogP contribution in [-0.2, 0) is 16.1 Å². The molecule has 33 heavy (non-hydrogen) atoms. The highest BCUT2D eigenvalue weighted by Crippen LogP contribution is 2.23. The number of unbranched alkanes of at least 4 members (excludes halogenated alkanes) is 1. The van der Waals surface area contributed by atoms with E-state index in [-0.39, 0.29) is 11.5 Å². The molecular formula is C26H33N3O3S. The van der Waals surface area contributed by atoms with Crippen molar-refractivity contribution >= 4 is 28.5 Å². The lowest BCUT2D eigenvalue weighted by Gasteiger charge is -2.14. The molecule has 0 amide bonds. The van der Waals surface area contributed by atoms with Crippen LogP contribution in [0.2, 0.25) is 0 Å². The Labute approximate surface area is 199 Å². The number of hydrogen-bond acceptors (Lipinski definition) is 6. The van der Waals surface area contributed by atoms with Gasteiger partial charge in [0, 0.05) is 21.7 Å². The van der Waals surface area contributed by atoms with Gasteiger partial charge in [-0.15, -0.1) is 11.8 Å². The zero-order valence-corrected chi connectivity index (χ0v) is 20.6. The van der Waals surface area contributed by atoms with Crippen molar-refractivity contribution in [2.45, 2.75) is 64.3 Å². The largest absolute Gasteiger partial charge is 0.465 e. The number of carbonyl (C=O) groups is 1. The zero-order valence-electron chi connectivity index (χ0n) is 19.8. The van der Waals surface area contributed by atoms with Crippen molar-refractivity contribution in [3.05, 3.63) is 64.3 Å². The molecule has 0 saturated heterocycles. The smallest absolute Gasteiger partial charge is 0.306 e. The predicted molar refractivity (Wildman–Crippen MR) is 134 cm³/mol. The van der Waals surface area contributed by atoms with Crippen LogP contribution in [0.5, 0.6) is 0 Å². The summed E-state index contributed by atoms with van der Waals surface area (Å²) in [6.45, 7) is 7.11. The third-order valence-corrected chi connectivity index (χ3v) is 6.68. The average molecular weight is 468 g/mol. The number of pyridine rings is 1. The minimum atomic E-state index is -0.146. The number of hydrogen-bond donors (Lipinski definition) is 0. The van der Waals surface area contributed by atoms with E-state index in [0.717, 1.165) is 34.5 Å². The third-order valence-electron chi connectivity index (χ3n) is 5.68. The molecule has 0 aliphatic heterocycles. The molecule has 2 heterocycles. The second-order valence-electron chi connectivity index (χ2n) is 8.32. The fourth-order valence-corrected chi connectivity index (χ4v) is 4.52.